The highest BCUT2D eigenvalue weighted by Gasteiger charge is 2.12. The van der Waals surface area contributed by atoms with Crippen LogP contribution in [0, 0.1) is 0 Å². The molecule has 0 heterocycles. The van der Waals surface area contributed by atoms with Gasteiger partial charge in [0.15, 0.2) is 6.61 Å². The van der Waals surface area contributed by atoms with Gasteiger partial charge in [0.25, 0.3) is 5.91 Å². The first-order chi connectivity index (χ1) is 16.5. The molecule has 0 spiro atoms. The average Bonchev–Trinajstić information content (AvgIpc) is 2.84. The molecule has 4 rings (SSSR count). The zero-order chi connectivity index (χ0) is 23.9. The van der Waals surface area contributed by atoms with Crippen molar-refractivity contribution in [3.8, 4) is 11.5 Å². The van der Waals surface area contributed by atoms with Crippen molar-refractivity contribution in [2.24, 2.45) is 5.10 Å². The Bertz CT molecular complexity index is 1370. The highest BCUT2D eigenvalue weighted by atomic mass is 79.9. The molecule has 4 aromatic rings. The van der Waals surface area contributed by atoms with E-state index in [2.05, 4.69) is 26.5 Å². The van der Waals surface area contributed by atoms with Gasteiger partial charge in [-0.15, -0.1) is 0 Å². The van der Waals surface area contributed by atoms with Crippen LogP contribution in [-0.4, -0.2) is 24.7 Å². The van der Waals surface area contributed by atoms with Crippen LogP contribution in [0.15, 0.2) is 94.5 Å². The Morgan fingerprint density at radius 3 is 2.53 bits per heavy atom. The van der Waals surface area contributed by atoms with Gasteiger partial charge < -0.3 is 9.47 Å². The maximum atomic E-state index is 12.4. The molecule has 0 aliphatic carbocycles. The maximum Gasteiger partial charge on any atom is 0.343 e. The van der Waals surface area contributed by atoms with Crippen LogP contribution in [0.1, 0.15) is 15.9 Å². The molecule has 0 unspecified atom stereocenters. The quantitative estimate of drug-likeness (QED) is 0.136. The van der Waals surface area contributed by atoms with Crippen LogP contribution in [-0.2, 0) is 4.79 Å². The summed E-state index contributed by atoms with van der Waals surface area (Å²) in [5.41, 5.74) is 3.27. The second-order valence-corrected chi connectivity index (χ2v) is 8.49. The van der Waals surface area contributed by atoms with E-state index in [1.807, 2.05) is 42.5 Å². The van der Waals surface area contributed by atoms with E-state index < -0.39 is 11.9 Å². The van der Waals surface area contributed by atoms with Gasteiger partial charge in [-0.25, -0.2) is 10.2 Å². The number of hydrogen-bond donors (Lipinski definition) is 1. The second kappa shape index (κ2) is 11.0. The highest BCUT2D eigenvalue weighted by Crippen LogP contribution is 2.25. The summed E-state index contributed by atoms with van der Waals surface area (Å²) >= 11 is 9.25. The van der Waals surface area contributed by atoms with Crippen LogP contribution >= 0.6 is 27.5 Å². The predicted octanol–water partition coefficient (Wildman–Crippen LogP) is 6.00. The number of benzene rings is 4. The Morgan fingerprint density at radius 2 is 1.71 bits per heavy atom. The first-order valence-electron chi connectivity index (χ1n) is 10.2. The Labute approximate surface area is 209 Å². The molecule has 0 fully saturated rings. The largest absolute Gasteiger partial charge is 0.483 e. The molecule has 0 aliphatic heterocycles. The molecule has 0 aromatic heterocycles. The minimum Gasteiger partial charge on any atom is -0.483 e. The number of fused-ring (bicyclic) bond motifs is 1. The molecule has 6 nitrogen and oxygen atoms in total. The molecule has 0 radical (unpaired) electrons. The summed E-state index contributed by atoms with van der Waals surface area (Å²) in [7, 11) is 0. The minimum atomic E-state index is -0.541. The summed E-state index contributed by atoms with van der Waals surface area (Å²) in [6.07, 6.45) is 1.39. The van der Waals surface area contributed by atoms with Crippen LogP contribution in [0.2, 0.25) is 5.02 Å². The molecule has 0 atom stereocenters. The molecular formula is C26H18BrClN2O4. The van der Waals surface area contributed by atoms with Gasteiger partial charge in [0, 0.05) is 20.4 Å². The Morgan fingerprint density at radius 1 is 0.941 bits per heavy atom. The molecule has 34 heavy (non-hydrogen) atoms. The van der Waals surface area contributed by atoms with Gasteiger partial charge in [-0.05, 0) is 53.9 Å². The monoisotopic (exact) mass is 536 g/mol. The van der Waals surface area contributed by atoms with Gasteiger partial charge in [0.05, 0.1) is 11.8 Å². The molecule has 0 aliphatic rings. The Kier molecular flexibility index (Phi) is 7.57. The molecule has 8 heteroatoms. The fraction of sp³-hybridized carbons (Fsp3) is 0.0385. The number of nitrogens with zero attached hydrogens (tertiary/aromatic N) is 1. The lowest BCUT2D eigenvalue weighted by Crippen LogP contribution is -2.24. The van der Waals surface area contributed by atoms with Crippen LogP contribution in [0.3, 0.4) is 0 Å². The Balaban J connectivity index is 1.39. The average molecular weight is 538 g/mol. The van der Waals surface area contributed by atoms with Crippen molar-refractivity contribution >= 4 is 56.4 Å². The third-order valence-electron chi connectivity index (χ3n) is 4.76. The fourth-order valence-electron chi connectivity index (χ4n) is 3.13. The van der Waals surface area contributed by atoms with Crippen molar-refractivity contribution < 1.29 is 19.1 Å². The molecule has 0 saturated carbocycles. The van der Waals surface area contributed by atoms with Gasteiger partial charge in [-0.3, -0.25) is 4.79 Å². The van der Waals surface area contributed by atoms with Gasteiger partial charge in [-0.1, -0.05) is 63.9 Å². The van der Waals surface area contributed by atoms with Crippen LogP contribution in [0.4, 0.5) is 0 Å². The zero-order valence-electron chi connectivity index (χ0n) is 17.7. The molecule has 1 amide bonds. The number of halogens is 2. The summed E-state index contributed by atoms with van der Waals surface area (Å²) in [4.78, 5) is 24.7. The maximum absolute atomic E-state index is 12.4. The van der Waals surface area contributed by atoms with Gasteiger partial charge >= 0.3 is 5.97 Å². The number of rotatable bonds is 7. The summed E-state index contributed by atoms with van der Waals surface area (Å²) in [6, 6.07) is 24.9. The Hall–Kier alpha value is -3.68. The third kappa shape index (κ3) is 6.01. The van der Waals surface area contributed by atoms with Crippen LogP contribution < -0.4 is 14.9 Å². The first kappa shape index (κ1) is 23.5. The van der Waals surface area contributed by atoms with Gasteiger partial charge in [0.2, 0.25) is 0 Å². The van der Waals surface area contributed by atoms with E-state index in [0.717, 1.165) is 15.2 Å². The van der Waals surface area contributed by atoms with Crippen molar-refractivity contribution in [1.82, 2.24) is 5.43 Å². The van der Waals surface area contributed by atoms with E-state index >= 15 is 0 Å². The number of carbonyl (C=O) groups excluding carboxylic acids is 2. The van der Waals surface area contributed by atoms with Crippen LogP contribution in [0.25, 0.3) is 10.8 Å². The predicted molar refractivity (Wildman–Crippen MR) is 136 cm³/mol. The van der Waals surface area contributed by atoms with Crippen molar-refractivity contribution in [2.75, 3.05) is 6.61 Å². The number of nitrogens with one attached hydrogen (secondary N) is 1. The number of esters is 1. The summed E-state index contributed by atoms with van der Waals surface area (Å²) < 4.78 is 11.9. The summed E-state index contributed by atoms with van der Waals surface area (Å²) in [5.74, 6) is -0.0752. The molecular weight excluding hydrogens is 520 g/mol. The van der Waals surface area contributed by atoms with Crippen molar-refractivity contribution in [1.29, 1.82) is 0 Å². The van der Waals surface area contributed by atoms with E-state index in [-0.39, 0.29) is 12.4 Å². The summed E-state index contributed by atoms with van der Waals surface area (Å²) in [6.45, 7) is -0.206. The van der Waals surface area contributed by atoms with E-state index in [4.69, 9.17) is 21.1 Å². The number of carbonyl (C=O) groups is 2. The number of amides is 1. The molecule has 4 aromatic carbocycles. The lowest BCUT2D eigenvalue weighted by Gasteiger charge is -2.09. The summed E-state index contributed by atoms with van der Waals surface area (Å²) in [5, 5.41) is 6.44. The standard InChI is InChI=1S/C26H18BrClN2O4/c27-20-10-13-23(34-26(32)18-8-11-21(28)12-9-18)19(14-20)15-29-30-25(31)16-33-24-7-3-5-17-4-1-2-6-22(17)24/h1-15H,16H2,(H,30,31). The van der Waals surface area contributed by atoms with E-state index in [1.54, 1.807) is 42.5 Å². The lowest BCUT2D eigenvalue weighted by molar-refractivity contribution is -0.123. The van der Waals surface area contributed by atoms with E-state index in [0.29, 0.717) is 21.9 Å². The van der Waals surface area contributed by atoms with Crippen LogP contribution in [0.5, 0.6) is 11.5 Å². The molecule has 0 saturated heterocycles. The minimum absolute atomic E-state index is 0.206. The first-order valence-corrected chi connectivity index (χ1v) is 11.4. The number of hydrazone groups is 1. The fourth-order valence-corrected chi connectivity index (χ4v) is 3.63. The highest BCUT2D eigenvalue weighted by molar-refractivity contribution is 9.10. The molecule has 1 N–H and O–H groups in total. The third-order valence-corrected chi connectivity index (χ3v) is 5.50. The van der Waals surface area contributed by atoms with Gasteiger partial charge in [0.1, 0.15) is 11.5 Å². The van der Waals surface area contributed by atoms with Crippen molar-refractivity contribution in [3.05, 3.63) is 106 Å². The SMILES string of the molecule is O=C(COc1cccc2ccccc12)NN=Cc1cc(Br)ccc1OC(=O)c1ccc(Cl)cc1. The normalized spacial score (nSPS) is 10.9. The zero-order valence-corrected chi connectivity index (χ0v) is 20.0. The molecule has 170 valence electrons. The number of ether oxygens (including phenoxy) is 2. The lowest BCUT2D eigenvalue weighted by atomic mass is 10.1. The van der Waals surface area contributed by atoms with E-state index in [9.17, 15) is 9.59 Å². The van der Waals surface area contributed by atoms with E-state index in [1.165, 1.54) is 6.21 Å². The smallest absolute Gasteiger partial charge is 0.343 e. The van der Waals surface area contributed by atoms with Crippen molar-refractivity contribution in [3.63, 3.8) is 0 Å². The van der Waals surface area contributed by atoms with Gasteiger partial charge in [-0.2, -0.15) is 5.10 Å². The second-order valence-electron chi connectivity index (χ2n) is 7.14. The topological polar surface area (TPSA) is 77.0 Å². The molecule has 0 bridgehead atoms. The number of hydrogen-bond acceptors (Lipinski definition) is 5. The van der Waals surface area contributed by atoms with Crippen molar-refractivity contribution in [2.45, 2.75) is 0 Å².